The number of unbranched alkanes of at least 4 members (excludes halogenated alkanes) is 35. The van der Waals surface area contributed by atoms with Crippen LogP contribution in [0.5, 0.6) is 0 Å². The number of ether oxygens (including phenoxy) is 4. The van der Waals surface area contributed by atoms with Crippen LogP contribution in [0.3, 0.4) is 0 Å². The van der Waals surface area contributed by atoms with Crippen molar-refractivity contribution >= 4 is 39.5 Å². The number of phosphoric acid groups is 2. The van der Waals surface area contributed by atoms with Crippen molar-refractivity contribution in [3.05, 3.63) is 0 Å². The Morgan fingerprint density at radius 2 is 0.516 bits per heavy atom. The van der Waals surface area contributed by atoms with E-state index >= 15 is 0 Å². The zero-order chi connectivity index (χ0) is 68.9. The minimum atomic E-state index is -4.96. The Hall–Kier alpha value is -1.94. The van der Waals surface area contributed by atoms with Gasteiger partial charge >= 0.3 is 39.5 Å². The lowest BCUT2D eigenvalue weighted by atomic mass is 9.99. The molecular weight excluding hydrogens is 1220 g/mol. The molecule has 0 aliphatic rings. The quantitative estimate of drug-likeness (QED) is 0.0222. The second kappa shape index (κ2) is 63.5. The van der Waals surface area contributed by atoms with Gasteiger partial charge in [-0.15, -0.1) is 0 Å². The second-order valence-corrected chi connectivity index (χ2v) is 31.0. The Morgan fingerprint density at radius 1 is 0.301 bits per heavy atom. The van der Waals surface area contributed by atoms with Gasteiger partial charge in [0, 0.05) is 25.7 Å². The molecule has 0 aromatic rings. The number of carbonyl (C=O) groups is 4. The van der Waals surface area contributed by atoms with Gasteiger partial charge in [0.15, 0.2) is 12.2 Å². The predicted octanol–water partition coefficient (Wildman–Crippen LogP) is 21.3. The summed E-state index contributed by atoms with van der Waals surface area (Å²) in [6, 6.07) is 0. The van der Waals surface area contributed by atoms with Crippen LogP contribution in [-0.4, -0.2) is 96.7 Å². The fourth-order valence-corrected chi connectivity index (χ4v) is 12.7. The van der Waals surface area contributed by atoms with Crippen LogP contribution < -0.4 is 0 Å². The first-order valence-corrected chi connectivity index (χ1v) is 41.3. The highest BCUT2D eigenvalue weighted by Crippen LogP contribution is 2.45. The molecule has 17 nitrogen and oxygen atoms in total. The van der Waals surface area contributed by atoms with E-state index in [1.807, 2.05) is 0 Å². The zero-order valence-electron chi connectivity index (χ0n) is 60.9. The third kappa shape index (κ3) is 65.8. The first kappa shape index (κ1) is 91.1. The normalized spacial score (nSPS) is 14.8. The number of rotatable bonds is 71. The molecule has 0 spiro atoms. The molecule has 0 aromatic carbocycles. The molecule has 7 atom stereocenters. The van der Waals surface area contributed by atoms with Crippen LogP contribution in [0.2, 0.25) is 0 Å². The van der Waals surface area contributed by atoms with Gasteiger partial charge in [-0.1, -0.05) is 319 Å². The monoisotopic (exact) mass is 1370 g/mol. The van der Waals surface area contributed by atoms with Gasteiger partial charge in [0.05, 0.1) is 26.4 Å². The topological polar surface area (TPSA) is 237 Å². The van der Waals surface area contributed by atoms with Crippen molar-refractivity contribution in [1.29, 1.82) is 0 Å². The lowest BCUT2D eigenvalue weighted by molar-refractivity contribution is -0.161. The van der Waals surface area contributed by atoms with Crippen LogP contribution in [0, 0.1) is 23.7 Å². The molecule has 0 amide bonds. The van der Waals surface area contributed by atoms with Crippen LogP contribution in [0.15, 0.2) is 0 Å². The summed E-state index contributed by atoms with van der Waals surface area (Å²) in [4.78, 5) is 72.6. The zero-order valence-corrected chi connectivity index (χ0v) is 62.7. The van der Waals surface area contributed by atoms with Crippen molar-refractivity contribution in [1.82, 2.24) is 0 Å². The number of hydrogen-bond acceptors (Lipinski definition) is 15. The molecule has 0 heterocycles. The van der Waals surface area contributed by atoms with Crippen LogP contribution in [0.1, 0.15) is 370 Å². The van der Waals surface area contributed by atoms with Gasteiger partial charge in [0.2, 0.25) is 0 Å². The van der Waals surface area contributed by atoms with E-state index in [1.54, 1.807) is 0 Å². The molecular formula is C74H144O17P2. The Morgan fingerprint density at radius 3 is 0.763 bits per heavy atom. The second-order valence-electron chi connectivity index (χ2n) is 28.1. The molecule has 5 unspecified atom stereocenters. The van der Waals surface area contributed by atoms with E-state index in [2.05, 4.69) is 55.4 Å². The Bertz CT molecular complexity index is 1840. The molecule has 552 valence electrons. The van der Waals surface area contributed by atoms with Crippen LogP contribution in [-0.2, 0) is 65.4 Å². The van der Waals surface area contributed by atoms with Gasteiger partial charge < -0.3 is 33.8 Å². The van der Waals surface area contributed by atoms with E-state index in [1.165, 1.54) is 161 Å². The van der Waals surface area contributed by atoms with Crippen molar-refractivity contribution in [3.63, 3.8) is 0 Å². The Balaban J connectivity index is 5.16. The molecule has 0 aromatic heterocycles. The fraction of sp³-hybridized carbons (Fsp3) is 0.946. The maximum Gasteiger partial charge on any atom is 0.472 e. The lowest BCUT2D eigenvalue weighted by Gasteiger charge is -2.21. The number of esters is 4. The van der Waals surface area contributed by atoms with E-state index in [9.17, 15) is 43.2 Å². The number of phosphoric ester groups is 2. The van der Waals surface area contributed by atoms with Crippen molar-refractivity contribution in [3.8, 4) is 0 Å². The van der Waals surface area contributed by atoms with E-state index in [4.69, 9.17) is 37.0 Å². The predicted molar refractivity (Wildman–Crippen MR) is 377 cm³/mol. The molecule has 0 bridgehead atoms. The lowest BCUT2D eigenvalue weighted by Crippen LogP contribution is -2.30. The fourth-order valence-electron chi connectivity index (χ4n) is 11.1. The smallest absolute Gasteiger partial charge is 0.462 e. The third-order valence-electron chi connectivity index (χ3n) is 17.8. The summed E-state index contributed by atoms with van der Waals surface area (Å²) in [6.45, 7) is 14.1. The van der Waals surface area contributed by atoms with Crippen LogP contribution in [0.25, 0.3) is 0 Å². The molecule has 0 aliphatic carbocycles. The largest absolute Gasteiger partial charge is 0.472 e. The van der Waals surface area contributed by atoms with Gasteiger partial charge in [0.1, 0.15) is 19.3 Å². The van der Waals surface area contributed by atoms with Gasteiger partial charge in [-0.3, -0.25) is 37.3 Å². The maximum absolute atomic E-state index is 13.0. The molecule has 19 heteroatoms. The third-order valence-corrected chi connectivity index (χ3v) is 19.7. The maximum atomic E-state index is 13.0. The van der Waals surface area contributed by atoms with Crippen LogP contribution >= 0.6 is 15.6 Å². The molecule has 0 aliphatic heterocycles. The summed E-state index contributed by atoms with van der Waals surface area (Å²) in [6.07, 6.45) is 47.5. The first-order chi connectivity index (χ1) is 44.7. The highest BCUT2D eigenvalue weighted by Gasteiger charge is 2.30. The van der Waals surface area contributed by atoms with Crippen molar-refractivity contribution in [2.24, 2.45) is 23.7 Å². The number of aliphatic hydroxyl groups is 1. The van der Waals surface area contributed by atoms with Crippen molar-refractivity contribution in [2.75, 3.05) is 39.6 Å². The highest BCUT2D eigenvalue weighted by molar-refractivity contribution is 7.47. The van der Waals surface area contributed by atoms with Gasteiger partial charge in [0.25, 0.3) is 0 Å². The summed E-state index contributed by atoms with van der Waals surface area (Å²) < 4.78 is 68.3. The van der Waals surface area contributed by atoms with E-state index in [0.29, 0.717) is 31.6 Å². The minimum Gasteiger partial charge on any atom is -0.462 e. The van der Waals surface area contributed by atoms with E-state index in [0.717, 1.165) is 120 Å². The Labute approximate surface area is 568 Å². The molecule has 0 rings (SSSR count). The van der Waals surface area contributed by atoms with Gasteiger partial charge in [-0.2, -0.15) is 0 Å². The average molecular weight is 1370 g/mol. The molecule has 0 saturated heterocycles. The molecule has 3 N–H and O–H groups in total. The Kier molecular flexibility index (Phi) is 62.2. The first-order valence-electron chi connectivity index (χ1n) is 38.3. The summed E-state index contributed by atoms with van der Waals surface area (Å²) in [5.41, 5.74) is 0. The molecule has 0 radical (unpaired) electrons. The summed E-state index contributed by atoms with van der Waals surface area (Å²) >= 11 is 0. The standard InChI is InChI=1S/C74H144O17P2/c1-9-66(7)52-44-36-28-21-19-17-15-13-11-12-14-16-18-20-22-29-40-48-56-73(78)90-70(61-85-72(77)55-47-39-33-32-37-45-53-67(8)10-2)63-89-93(82,83)87-59-68(75)58-86-92(80,81)88-62-69(60-84-71(76)54-46-38-31-25-27-35-43-51-65(5)6)91-74(79)57-49-41-30-24-23-26-34-42-50-64(3)4/h64-70,75H,9-63H2,1-8H3,(H,80,81)(H,82,83)/t66?,67?,68?,69-,70-/m1/s1. The van der Waals surface area contributed by atoms with Gasteiger partial charge in [-0.05, 0) is 49.4 Å². The van der Waals surface area contributed by atoms with E-state index in [-0.39, 0.29) is 25.7 Å². The summed E-state index contributed by atoms with van der Waals surface area (Å²) in [5.74, 6) is 0.896. The van der Waals surface area contributed by atoms with Crippen molar-refractivity contribution < 1.29 is 80.2 Å². The van der Waals surface area contributed by atoms with E-state index < -0.39 is 97.5 Å². The summed E-state index contributed by atoms with van der Waals surface area (Å²) in [5, 5.41) is 10.6. The number of carbonyl (C=O) groups excluding carboxylic acids is 4. The van der Waals surface area contributed by atoms with Crippen LogP contribution in [0.4, 0.5) is 0 Å². The highest BCUT2D eigenvalue weighted by atomic mass is 31.2. The molecule has 0 fully saturated rings. The summed E-state index contributed by atoms with van der Waals surface area (Å²) in [7, 11) is -9.91. The number of hydrogen-bond donors (Lipinski definition) is 3. The molecule has 0 saturated carbocycles. The number of aliphatic hydroxyl groups excluding tert-OH is 1. The minimum absolute atomic E-state index is 0.103. The molecule has 93 heavy (non-hydrogen) atoms. The van der Waals surface area contributed by atoms with Gasteiger partial charge in [-0.25, -0.2) is 9.13 Å². The average Bonchev–Trinajstić information content (AvgIpc) is 1.58. The SMILES string of the molecule is CCC(C)CCCCCCCCCCCCCCCCCCCCC(=O)O[C@H](COC(=O)CCCCCCCCC(C)CC)COP(=O)(O)OCC(O)COP(=O)(O)OC[C@@H](COC(=O)CCCCCCCCCC(C)C)OC(=O)CCCCCCCCCCC(C)C. The van der Waals surface area contributed by atoms with Crippen molar-refractivity contribution in [2.45, 2.75) is 388 Å².